The summed E-state index contributed by atoms with van der Waals surface area (Å²) in [6, 6.07) is 7.82. The molecule has 0 saturated carbocycles. The van der Waals surface area contributed by atoms with Gasteiger partial charge in [0.1, 0.15) is 10.9 Å². The summed E-state index contributed by atoms with van der Waals surface area (Å²) >= 11 is 1.12. The van der Waals surface area contributed by atoms with Crippen LogP contribution in [0.15, 0.2) is 24.4 Å². The Morgan fingerprint density at radius 1 is 1.42 bits per heavy atom. The molecule has 1 fully saturated rings. The fourth-order valence-electron chi connectivity index (χ4n) is 2.62. The van der Waals surface area contributed by atoms with Crippen molar-refractivity contribution in [1.82, 2.24) is 4.98 Å². The number of nitrogens with one attached hydrogen (secondary N) is 1. The number of hydrogen-bond acceptors (Lipinski definition) is 5. The van der Waals surface area contributed by atoms with Crippen molar-refractivity contribution >= 4 is 34.0 Å². The van der Waals surface area contributed by atoms with E-state index in [0.29, 0.717) is 16.6 Å². The Balaban J connectivity index is 1.70. The van der Waals surface area contributed by atoms with Crippen LogP contribution in [-0.4, -0.2) is 23.3 Å². The lowest BCUT2D eigenvalue weighted by molar-refractivity contribution is -0.122. The standard InChI is InChI=1S/C17H16N4O2S/c1-10-3-4-13(5-11(10)2)21-9-12(6-15(21)22)16(23)20-17-19-8-14(7-18)24-17/h3-5,8,12H,6,9H2,1-2H3,(H,19,20,23). The predicted molar refractivity (Wildman–Crippen MR) is 91.8 cm³/mol. The number of carbonyl (C=O) groups excluding carboxylic acids is 2. The summed E-state index contributed by atoms with van der Waals surface area (Å²) in [7, 11) is 0. The third-order valence-corrected chi connectivity index (χ3v) is 4.96. The maximum atomic E-state index is 12.3. The monoisotopic (exact) mass is 340 g/mol. The number of aromatic nitrogens is 1. The number of hydrogen-bond donors (Lipinski definition) is 1. The van der Waals surface area contributed by atoms with Crippen molar-refractivity contribution < 1.29 is 9.59 Å². The van der Waals surface area contributed by atoms with Crippen LogP contribution < -0.4 is 10.2 Å². The smallest absolute Gasteiger partial charge is 0.231 e. The van der Waals surface area contributed by atoms with E-state index in [9.17, 15) is 9.59 Å². The zero-order chi connectivity index (χ0) is 17.3. The molecule has 2 aromatic rings. The van der Waals surface area contributed by atoms with Gasteiger partial charge in [0.05, 0.1) is 12.1 Å². The van der Waals surface area contributed by atoms with Crippen molar-refractivity contribution in [3.05, 3.63) is 40.4 Å². The lowest BCUT2D eigenvalue weighted by atomic mass is 10.1. The summed E-state index contributed by atoms with van der Waals surface area (Å²) in [5, 5.41) is 11.9. The van der Waals surface area contributed by atoms with Crippen molar-refractivity contribution in [3.63, 3.8) is 0 Å². The maximum absolute atomic E-state index is 12.3. The molecule has 0 radical (unpaired) electrons. The maximum Gasteiger partial charge on any atom is 0.231 e. The number of rotatable bonds is 3. The van der Waals surface area contributed by atoms with Crippen LogP contribution in [-0.2, 0) is 9.59 Å². The summed E-state index contributed by atoms with van der Waals surface area (Å²) in [5.74, 6) is -0.725. The van der Waals surface area contributed by atoms with Crippen LogP contribution in [0.2, 0.25) is 0 Å². The van der Waals surface area contributed by atoms with Crippen molar-refractivity contribution in [1.29, 1.82) is 5.26 Å². The first-order valence-electron chi connectivity index (χ1n) is 7.52. The number of anilines is 2. The second-order valence-electron chi connectivity index (χ2n) is 5.80. The van der Waals surface area contributed by atoms with Gasteiger partial charge in [0, 0.05) is 18.7 Å². The molecule has 1 saturated heterocycles. The molecule has 1 unspecified atom stereocenters. The summed E-state index contributed by atoms with van der Waals surface area (Å²) in [6.45, 7) is 4.37. The van der Waals surface area contributed by atoms with E-state index in [2.05, 4.69) is 10.3 Å². The first kappa shape index (κ1) is 16.1. The van der Waals surface area contributed by atoms with E-state index in [1.807, 2.05) is 38.1 Å². The molecule has 0 spiro atoms. The highest BCUT2D eigenvalue weighted by atomic mass is 32.1. The molecule has 1 N–H and O–H groups in total. The molecule has 1 aliphatic heterocycles. The normalized spacial score (nSPS) is 17.0. The number of benzene rings is 1. The van der Waals surface area contributed by atoms with Gasteiger partial charge in [0.15, 0.2) is 5.13 Å². The minimum Gasteiger partial charge on any atom is -0.312 e. The molecule has 7 heteroatoms. The van der Waals surface area contributed by atoms with E-state index >= 15 is 0 Å². The number of thiazole rings is 1. The molecule has 3 rings (SSSR count). The van der Waals surface area contributed by atoms with Crippen LogP contribution in [0.4, 0.5) is 10.8 Å². The molecule has 0 aliphatic carbocycles. The van der Waals surface area contributed by atoms with Crippen molar-refractivity contribution in [2.45, 2.75) is 20.3 Å². The molecule has 1 aliphatic rings. The molecule has 2 amide bonds. The average Bonchev–Trinajstić information content (AvgIpc) is 3.16. The van der Waals surface area contributed by atoms with Gasteiger partial charge in [-0.3, -0.25) is 9.59 Å². The Morgan fingerprint density at radius 2 is 2.21 bits per heavy atom. The Kier molecular flexibility index (Phi) is 4.32. The van der Waals surface area contributed by atoms with Gasteiger partial charge in [0.2, 0.25) is 11.8 Å². The van der Waals surface area contributed by atoms with E-state index in [1.165, 1.54) is 6.20 Å². The zero-order valence-electron chi connectivity index (χ0n) is 13.4. The summed E-state index contributed by atoms with van der Waals surface area (Å²) in [5.41, 5.74) is 3.09. The summed E-state index contributed by atoms with van der Waals surface area (Å²) in [4.78, 5) is 30.7. The van der Waals surface area contributed by atoms with Gasteiger partial charge in [0.25, 0.3) is 0 Å². The SMILES string of the molecule is Cc1ccc(N2CC(C(=O)Nc3ncc(C#N)s3)CC2=O)cc1C. The molecule has 2 heterocycles. The van der Waals surface area contributed by atoms with Gasteiger partial charge in [-0.2, -0.15) is 5.26 Å². The van der Waals surface area contributed by atoms with Gasteiger partial charge in [-0.25, -0.2) is 4.98 Å². The Labute approximate surface area is 143 Å². The van der Waals surface area contributed by atoms with E-state index in [4.69, 9.17) is 5.26 Å². The van der Waals surface area contributed by atoms with Crippen LogP contribution in [0.5, 0.6) is 0 Å². The zero-order valence-corrected chi connectivity index (χ0v) is 14.2. The molecular weight excluding hydrogens is 324 g/mol. The molecule has 1 atom stereocenters. The Morgan fingerprint density at radius 3 is 2.88 bits per heavy atom. The van der Waals surface area contributed by atoms with Crippen molar-refractivity contribution in [3.8, 4) is 6.07 Å². The van der Waals surface area contributed by atoms with Crippen LogP contribution in [0.25, 0.3) is 0 Å². The minimum atomic E-state index is -0.423. The van der Waals surface area contributed by atoms with Gasteiger partial charge >= 0.3 is 0 Å². The van der Waals surface area contributed by atoms with Crippen LogP contribution >= 0.6 is 11.3 Å². The number of carbonyl (C=O) groups is 2. The van der Waals surface area contributed by atoms with Gasteiger partial charge in [-0.15, -0.1) is 0 Å². The number of aryl methyl sites for hydroxylation is 2. The third kappa shape index (κ3) is 3.14. The van der Waals surface area contributed by atoms with Gasteiger partial charge in [-0.1, -0.05) is 17.4 Å². The minimum absolute atomic E-state index is 0.0599. The second-order valence-corrected chi connectivity index (χ2v) is 6.84. The molecule has 0 bridgehead atoms. The van der Waals surface area contributed by atoms with Crippen LogP contribution in [0, 0.1) is 31.1 Å². The number of nitrogens with zero attached hydrogens (tertiary/aromatic N) is 3. The second kappa shape index (κ2) is 6.42. The molecule has 122 valence electrons. The molecule has 1 aromatic carbocycles. The van der Waals surface area contributed by atoms with Gasteiger partial charge < -0.3 is 10.2 Å². The van der Waals surface area contributed by atoms with E-state index in [-0.39, 0.29) is 18.2 Å². The quantitative estimate of drug-likeness (QED) is 0.930. The van der Waals surface area contributed by atoms with Crippen LogP contribution in [0.1, 0.15) is 22.4 Å². The first-order chi connectivity index (χ1) is 11.5. The molecule has 1 aromatic heterocycles. The highest BCUT2D eigenvalue weighted by molar-refractivity contribution is 7.16. The van der Waals surface area contributed by atoms with Crippen LogP contribution in [0.3, 0.4) is 0 Å². The first-order valence-corrected chi connectivity index (χ1v) is 8.34. The van der Waals surface area contributed by atoms with Gasteiger partial charge in [-0.05, 0) is 37.1 Å². The summed E-state index contributed by atoms with van der Waals surface area (Å²) < 4.78 is 0. The van der Waals surface area contributed by atoms with E-state index in [0.717, 1.165) is 28.2 Å². The Bertz CT molecular complexity index is 853. The molecule has 24 heavy (non-hydrogen) atoms. The average molecular weight is 340 g/mol. The predicted octanol–water partition coefficient (Wildman–Crippen LogP) is 2.62. The van der Waals surface area contributed by atoms with E-state index < -0.39 is 5.92 Å². The fraction of sp³-hybridized carbons (Fsp3) is 0.294. The summed E-state index contributed by atoms with van der Waals surface area (Å²) in [6.07, 6.45) is 1.59. The lowest BCUT2D eigenvalue weighted by Gasteiger charge is -2.17. The highest BCUT2D eigenvalue weighted by Gasteiger charge is 2.35. The largest absolute Gasteiger partial charge is 0.312 e. The lowest BCUT2D eigenvalue weighted by Crippen LogP contribution is -2.28. The topological polar surface area (TPSA) is 86.1 Å². The number of nitriles is 1. The highest BCUT2D eigenvalue weighted by Crippen LogP contribution is 2.28. The third-order valence-electron chi connectivity index (χ3n) is 4.14. The Hall–Kier alpha value is -2.72. The molecular formula is C17H16N4O2S. The van der Waals surface area contributed by atoms with Crippen molar-refractivity contribution in [2.75, 3.05) is 16.8 Å². The molecule has 6 nitrogen and oxygen atoms in total. The van der Waals surface area contributed by atoms with Crippen molar-refractivity contribution in [2.24, 2.45) is 5.92 Å². The number of amides is 2. The van der Waals surface area contributed by atoms with E-state index in [1.54, 1.807) is 4.90 Å². The fourth-order valence-corrected chi connectivity index (χ4v) is 3.23.